The predicted octanol–water partition coefficient (Wildman–Crippen LogP) is 8.51. The molecule has 5 aromatic rings. The zero-order valence-electron chi connectivity index (χ0n) is 30.5. The van der Waals surface area contributed by atoms with Gasteiger partial charge in [0, 0.05) is 50.2 Å². The summed E-state index contributed by atoms with van der Waals surface area (Å²) in [6, 6.07) is 21.7. The molecule has 1 saturated heterocycles. The Bertz CT molecular complexity index is 1890. The molecule has 0 amide bonds. The summed E-state index contributed by atoms with van der Waals surface area (Å²) in [6.45, 7) is 5.85. The van der Waals surface area contributed by atoms with Crippen LogP contribution in [-0.4, -0.2) is 71.7 Å². The van der Waals surface area contributed by atoms with Crippen molar-refractivity contribution < 1.29 is 28.4 Å². The van der Waals surface area contributed by atoms with Gasteiger partial charge in [-0.15, -0.1) is 11.3 Å². The molecular formula is C41H47N3O6S. The summed E-state index contributed by atoms with van der Waals surface area (Å²) >= 11 is 1.83. The van der Waals surface area contributed by atoms with Crippen molar-refractivity contribution in [2.45, 2.75) is 38.9 Å². The van der Waals surface area contributed by atoms with Crippen LogP contribution in [-0.2, 0) is 13.1 Å². The number of likely N-dealkylation sites (tertiary alicyclic amines) is 1. The Morgan fingerprint density at radius 2 is 1.24 bits per heavy atom. The summed E-state index contributed by atoms with van der Waals surface area (Å²) in [5.74, 6) is 3.70. The average Bonchev–Trinajstić information content (AvgIpc) is 3.61. The van der Waals surface area contributed by atoms with E-state index in [4.69, 9.17) is 28.4 Å². The summed E-state index contributed by atoms with van der Waals surface area (Å²) < 4.78 is 33.5. The fraction of sp³-hybridized carbons (Fsp3) is 0.341. The molecule has 51 heavy (non-hydrogen) atoms. The summed E-state index contributed by atoms with van der Waals surface area (Å²) in [5, 5.41) is 3.56. The number of thiophene rings is 1. The standard InChI is InChI=1S/C41H47N3O6S/c1-27-15-39(51-26-27)44(25-28-9-8-10-30(16-28)31-18-35(45-2)40(49-6)36(19-31)46-3)34-11-13-43(14-12-34)24-29-17-33(23-42-22-29)32-20-37(47-4)41(50-7)38(21-32)48-5/h8-10,15-23,26,34H,11-14,24-25H2,1-7H3. The van der Waals surface area contributed by atoms with Crippen LogP contribution in [0.15, 0.2) is 78.4 Å². The molecule has 10 heteroatoms. The van der Waals surface area contributed by atoms with Gasteiger partial charge in [0.25, 0.3) is 0 Å². The van der Waals surface area contributed by atoms with E-state index in [0.717, 1.165) is 61.3 Å². The van der Waals surface area contributed by atoms with E-state index in [1.807, 2.05) is 48.0 Å². The topological polar surface area (TPSA) is 74.8 Å². The van der Waals surface area contributed by atoms with Gasteiger partial charge in [-0.1, -0.05) is 18.2 Å². The molecular weight excluding hydrogens is 663 g/mol. The van der Waals surface area contributed by atoms with E-state index < -0.39 is 0 Å². The molecule has 0 unspecified atom stereocenters. The molecule has 0 aliphatic carbocycles. The molecule has 0 spiro atoms. The molecule has 1 aliphatic rings. The van der Waals surface area contributed by atoms with Gasteiger partial charge in [0.15, 0.2) is 23.0 Å². The number of aryl methyl sites for hydroxylation is 1. The Hall–Kier alpha value is -4.93. The van der Waals surface area contributed by atoms with Crippen molar-refractivity contribution in [1.29, 1.82) is 0 Å². The van der Waals surface area contributed by atoms with Crippen molar-refractivity contribution in [1.82, 2.24) is 9.88 Å². The fourth-order valence-corrected chi connectivity index (χ4v) is 7.85. The van der Waals surface area contributed by atoms with Crippen LogP contribution in [0.5, 0.6) is 34.5 Å². The number of hydrogen-bond donors (Lipinski definition) is 0. The van der Waals surface area contributed by atoms with Crippen LogP contribution in [0, 0.1) is 6.92 Å². The Morgan fingerprint density at radius 3 is 1.76 bits per heavy atom. The van der Waals surface area contributed by atoms with Gasteiger partial charge >= 0.3 is 0 Å². The van der Waals surface area contributed by atoms with Crippen molar-refractivity contribution in [3.63, 3.8) is 0 Å². The van der Waals surface area contributed by atoms with Crippen molar-refractivity contribution in [3.8, 4) is 56.8 Å². The van der Waals surface area contributed by atoms with Crippen molar-refractivity contribution in [3.05, 3.63) is 95.1 Å². The summed E-state index contributed by atoms with van der Waals surface area (Å²) in [5.41, 5.74) is 7.82. The molecule has 1 aliphatic heterocycles. The number of methoxy groups -OCH3 is 6. The molecule has 0 radical (unpaired) electrons. The maximum absolute atomic E-state index is 5.64. The van der Waals surface area contributed by atoms with Gasteiger partial charge in [0.1, 0.15) is 0 Å². The molecule has 3 heterocycles. The highest BCUT2D eigenvalue weighted by atomic mass is 32.1. The van der Waals surface area contributed by atoms with Crippen LogP contribution < -0.4 is 33.3 Å². The minimum Gasteiger partial charge on any atom is -0.493 e. The van der Waals surface area contributed by atoms with E-state index in [0.29, 0.717) is 40.5 Å². The predicted molar refractivity (Wildman–Crippen MR) is 204 cm³/mol. The molecule has 0 bridgehead atoms. The van der Waals surface area contributed by atoms with Crippen molar-refractivity contribution >= 4 is 16.3 Å². The van der Waals surface area contributed by atoms with Crippen LogP contribution in [0.25, 0.3) is 22.3 Å². The number of piperidine rings is 1. The minimum absolute atomic E-state index is 0.424. The summed E-state index contributed by atoms with van der Waals surface area (Å²) in [7, 11) is 9.80. The number of ether oxygens (including phenoxy) is 6. The van der Waals surface area contributed by atoms with Gasteiger partial charge in [-0.25, -0.2) is 0 Å². The zero-order valence-corrected chi connectivity index (χ0v) is 31.3. The number of nitrogens with zero attached hydrogens (tertiary/aromatic N) is 3. The van der Waals surface area contributed by atoms with E-state index in [1.54, 1.807) is 42.7 Å². The average molecular weight is 710 g/mol. The molecule has 1 fully saturated rings. The normalized spacial score (nSPS) is 13.5. The molecule has 9 nitrogen and oxygen atoms in total. The third-order valence-electron chi connectivity index (χ3n) is 9.47. The third-order valence-corrected chi connectivity index (χ3v) is 10.6. The number of hydrogen-bond acceptors (Lipinski definition) is 10. The highest BCUT2D eigenvalue weighted by Crippen LogP contribution is 2.43. The number of pyridine rings is 1. The lowest BCUT2D eigenvalue weighted by molar-refractivity contribution is 0.201. The van der Waals surface area contributed by atoms with Crippen LogP contribution in [0.1, 0.15) is 29.5 Å². The van der Waals surface area contributed by atoms with E-state index in [9.17, 15) is 0 Å². The number of benzene rings is 3. The maximum atomic E-state index is 5.64. The van der Waals surface area contributed by atoms with Crippen LogP contribution in [0.2, 0.25) is 0 Å². The number of rotatable bonds is 14. The Kier molecular flexibility index (Phi) is 11.5. The first kappa shape index (κ1) is 35.9. The highest BCUT2D eigenvalue weighted by molar-refractivity contribution is 7.14. The maximum Gasteiger partial charge on any atom is 0.203 e. The molecule has 0 N–H and O–H groups in total. The smallest absolute Gasteiger partial charge is 0.203 e. The minimum atomic E-state index is 0.424. The second-order valence-electron chi connectivity index (χ2n) is 12.7. The second-order valence-corrected chi connectivity index (χ2v) is 13.6. The van der Waals surface area contributed by atoms with Gasteiger partial charge in [0.05, 0.1) is 47.7 Å². The van der Waals surface area contributed by atoms with Crippen LogP contribution >= 0.6 is 11.3 Å². The fourth-order valence-electron chi connectivity index (χ4n) is 6.87. The van der Waals surface area contributed by atoms with E-state index in [1.165, 1.54) is 21.7 Å². The molecule has 268 valence electrons. The quantitative estimate of drug-likeness (QED) is 0.113. The molecule has 0 saturated carbocycles. The first-order chi connectivity index (χ1) is 24.9. The van der Waals surface area contributed by atoms with Crippen LogP contribution in [0.3, 0.4) is 0 Å². The van der Waals surface area contributed by atoms with Gasteiger partial charge in [-0.2, -0.15) is 0 Å². The molecule has 3 aromatic carbocycles. The van der Waals surface area contributed by atoms with E-state index in [2.05, 4.69) is 63.5 Å². The SMILES string of the molecule is COc1cc(-c2cncc(CN3CCC(N(Cc4cccc(-c5cc(OC)c(OC)c(OC)c5)c4)c4cc(C)cs4)CC3)c2)cc(OC)c1OC. The third kappa shape index (κ3) is 8.02. The second kappa shape index (κ2) is 16.4. The largest absolute Gasteiger partial charge is 0.493 e. The lowest BCUT2D eigenvalue weighted by atomic mass is 9.99. The van der Waals surface area contributed by atoms with Gasteiger partial charge < -0.3 is 33.3 Å². The highest BCUT2D eigenvalue weighted by Gasteiger charge is 2.27. The number of aromatic nitrogens is 1. The molecule has 2 aromatic heterocycles. The monoisotopic (exact) mass is 709 g/mol. The van der Waals surface area contributed by atoms with Crippen molar-refractivity contribution in [2.24, 2.45) is 0 Å². The van der Waals surface area contributed by atoms with Crippen LogP contribution in [0.4, 0.5) is 5.00 Å². The number of anilines is 1. The zero-order chi connectivity index (χ0) is 35.9. The lowest BCUT2D eigenvalue weighted by Crippen LogP contribution is -2.44. The van der Waals surface area contributed by atoms with Gasteiger partial charge in [0.2, 0.25) is 11.5 Å². The summed E-state index contributed by atoms with van der Waals surface area (Å²) in [6.07, 6.45) is 6.00. The Balaban J connectivity index is 1.17. The van der Waals surface area contributed by atoms with E-state index >= 15 is 0 Å². The van der Waals surface area contributed by atoms with Gasteiger partial charge in [-0.05, 0) is 101 Å². The summed E-state index contributed by atoms with van der Waals surface area (Å²) in [4.78, 5) is 9.75. The molecule has 0 atom stereocenters. The first-order valence-corrected chi connectivity index (χ1v) is 17.9. The Morgan fingerprint density at radius 1 is 0.667 bits per heavy atom. The molecule has 6 rings (SSSR count). The Labute approximate surface area is 305 Å². The van der Waals surface area contributed by atoms with Gasteiger partial charge in [-0.3, -0.25) is 9.88 Å². The lowest BCUT2D eigenvalue weighted by Gasteiger charge is -2.39. The first-order valence-electron chi connectivity index (χ1n) is 17.1. The van der Waals surface area contributed by atoms with Crippen molar-refractivity contribution in [2.75, 3.05) is 60.6 Å². The van der Waals surface area contributed by atoms with E-state index in [-0.39, 0.29) is 0 Å².